The molecule has 0 spiro atoms. The molecule has 2 N–H and O–H groups in total. The number of carbonyl (C=O) groups is 1. The number of hydrogen-bond donors (Lipinski definition) is 2. The Kier molecular flexibility index (Phi) is 6.71. The van der Waals surface area contributed by atoms with Crippen LogP contribution >= 0.6 is 0 Å². The van der Waals surface area contributed by atoms with Gasteiger partial charge in [-0.1, -0.05) is 35.5 Å². The van der Waals surface area contributed by atoms with E-state index in [4.69, 9.17) is 9.26 Å². The monoisotopic (exact) mass is 475 g/mol. The van der Waals surface area contributed by atoms with Gasteiger partial charge >= 0.3 is 0 Å². The predicted octanol–water partition coefficient (Wildman–Crippen LogP) is 3.51. The summed E-state index contributed by atoms with van der Waals surface area (Å²) in [5.74, 6) is 0.461. The summed E-state index contributed by atoms with van der Waals surface area (Å²) in [6.07, 6.45) is 5.37. The summed E-state index contributed by atoms with van der Waals surface area (Å²) in [6, 6.07) is 9.94. The molecule has 3 aromatic heterocycles. The number of pyridine rings is 1. The van der Waals surface area contributed by atoms with Crippen molar-refractivity contribution in [3.05, 3.63) is 54.1 Å². The van der Waals surface area contributed by atoms with Crippen molar-refractivity contribution < 1.29 is 14.1 Å². The van der Waals surface area contributed by atoms with Crippen LogP contribution in [0.2, 0.25) is 0 Å². The zero-order valence-electron chi connectivity index (χ0n) is 19.9. The number of carbonyl (C=O) groups excluding carboxylic acids is 1. The lowest BCUT2D eigenvalue weighted by atomic mass is 10.1. The number of benzene rings is 1. The molecule has 1 atom stereocenters. The summed E-state index contributed by atoms with van der Waals surface area (Å²) < 4.78 is 12.9. The molecular formula is C25H29N7O3. The first kappa shape index (κ1) is 23.0. The van der Waals surface area contributed by atoms with E-state index in [9.17, 15) is 4.79 Å². The second-order valence-corrected chi connectivity index (χ2v) is 8.67. The van der Waals surface area contributed by atoms with Gasteiger partial charge in [-0.25, -0.2) is 9.67 Å². The number of rotatable bonds is 8. The van der Waals surface area contributed by atoms with Crippen LogP contribution in [0.25, 0.3) is 22.5 Å². The van der Waals surface area contributed by atoms with Crippen molar-refractivity contribution in [2.45, 2.75) is 51.7 Å². The van der Waals surface area contributed by atoms with Gasteiger partial charge in [-0.15, -0.1) is 0 Å². The molecule has 1 saturated heterocycles. The Balaban J connectivity index is 1.38. The van der Waals surface area contributed by atoms with Crippen LogP contribution in [0.1, 0.15) is 44.1 Å². The minimum absolute atomic E-state index is 0.0207. The third kappa shape index (κ3) is 5.02. The van der Waals surface area contributed by atoms with Gasteiger partial charge < -0.3 is 19.9 Å². The highest BCUT2D eigenvalue weighted by Crippen LogP contribution is 2.34. The standard InChI is InChI=1S/C25H29N7O3/c1-3-32-24-19(15-27-32)23(29-18-9-11-34-12-10-18)20(14-26-24)25-30-21(31-35-25)13-22(33)28-16(2)17-7-5-4-6-8-17/h4-8,14-16,18H,3,9-13H2,1-2H3,(H,26,29)(H,28,33). The first-order valence-electron chi connectivity index (χ1n) is 12.0. The van der Waals surface area contributed by atoms with E-state index in [1.165, 1.54) is 0 Å². The highest BCUT2D eigenvalue weighted by atomic mass is 16.5. The second-order valence-electron chi connectivity index (χ2n) is 8.67. The molecule has 4 heterocycles. The smallest absolute Gasteiger partial charge is 0.261 e. The maximum absolute atomic E-state index is 12.6. The Morgan fingerprint density at radius 3 is 2.77 bits per heavy atom. The molecule has 1 unspecified atom stereocenters. The summed E-state index contributed by atoms with van der Waals surface area (Å²) in [7, 11) is 0. The van der Waals surface area contributed by atoms with Gasteiger partial charge in [-0.2, -0.15) is 10.1 Å². The van der Waals surface area contributed by atoms with Gasteiger partial charge in [0.15, 0.2) is 11.5 Å². The lowest BCUT2D eigenvalue weighted by molar-refractivity contribution is -0.121. The van der Waals surface area contributed by atoms with Gasteiger partial charge in [0.05, 0.1) is 35.3 Å². The quantitative estimate of drug-likeness (QED) is 0.397. The Hall–Kier alpha value is -3.79. The van der Waals surface area contributed by atoms with Gasteiger partial charge in [0.25, 0.3) is 5.89 Å². The summed E-state index contributed by atoms with van der Waals surface area (Å²) in [4.78, 5) is 21.7. The lowest BCUT2D eigenvalue weighted by Gasteiger charge is -2.25. The van der Waals surface area contributed by atoms with Crippen molar-refractivity contribution in [2.75, 3.05) is 18.5 Å². The number of ether oxygens (including phenoxy) is 1. The van der Waals surface area contributed by atoms with E-state index in [1.807, 2.05) is 55.1 Å². The van der Waals surface area contributed by atoms with E-state index < -0.39 is 0 Å². The first-order valence-corrected chi connectivity index (χ1v) is 12.0. The zero-order valence-corrected chi connectivity index (χ0v) is 19.9. The molecule has 1 aliphatic heterocycles. The molecule has 10 heteroatoms. The highest BCUT2D eigenvalue weighted by Gasteiger charge is 2.23. The molecule has 0 radical (unpaired) electrons. The number of aromatic nitrogens is 5. The van der Waals surface area contributed by atoms with Crippen LogP contribution in [-0.2, 0) is 22.5 Å². The molecule has 182 valence electrons. The molecule has 1 aromatic carbocycles. The fourth-order valence-corrected chi connectivity index (χ4v) is 4.32. The minimum atomic E-state index is -0.174. The van der Waals surface area contributed by atoms with Crippen molar-refractivity contribution in [1.82, 2.24) is 30.2 Å². The number of hydrogen-bond acceptors (Lipinski definition) is 8. The SMILES string of the molecule is CCn1ncc2c(NC3CCOCC3)c(-c3nc(CC(=O)NC(C)c4ccccc4)no3)cnc21. The van der Waals surface area contributed by atoms with Crippen LogP contribution < -0.4 is 10.6 Å². The number of nitrogens with one attached hydrogen (secondary N) is 2. The van der Waals surface area contributed by atoms with Gasteiger partial charge in [-0.3, -0.25) is 4.79 Å². The van der Waals surface area contributed by atoms with Crippen LogP contribution in [0, 0.1) is 0 Å². The largest absolute Gasteiger partial charge is 0.381 e. The predicted molar refractivity (Wildman–Crippen MR) is 131 cm³/mol. The summed E-state index contributed by atoms with van der Waals surface area (Å²) in [6.45, 7) is 6.13. The maximum Gasteiger partial charge on any atom is 0.261 e. The van der Waals surface area contributed by atoms with Crippen molar-refractivity contribution in [3.63, 3.8) is 0 Å². The molecule has 1 amide bonds. The number of nitrogens with zero attached hydrogens (tertiary/aromatic N) is 5. The van der Waals surface area contributed by atoms with Crippen molar-refractivity contribution in [1.29, 1.82) is 0 Å². The van der Waals surface area contributed by atoms with Crippen LogP contribution in [0.15, 0.2) is 47.2 Å². The Morgan fingerprint density at radius 2 is 2.00 bits per heavy atom. The second kappa shape index (κ2) is 10.2. The van der Waals surface area contributed by atoms with Crippen LogP contribution in [-0.4, -0.2) is 50.1 Å². The third-order valence-electron chi connectivity index (χ3n) is 6.23. The van der Waals surface area contributed by atoms with E-state index >= 15 is 0 Å². The van der Waals surface area contributed by atoms with Crippen LogP contribution in [0.3, 0.4) is 0 Å². The van der Waals surface area contributed by atoms with E-state index in [0.29, 0.717) is 23.8 Å². The molecule has 5 rings (SSSR count). The van der Waals surface area contributed by atoms with Gasteiger partial charge in [0, 0.05) is 32.0 Å². The number of fused-ring (bicyclic) bond motifs is 1. The Labute approximate surface area is 203 Å². The van der Waals surface area contributed by atoms with Crippen molar-refractivity contribution in [2.24, 2.45) is 0 Å². The van der Waals surface area contributed by atoms with E-state index in [-0.39, 0.29) is 24.4 Å². The number of aryl methyl sites for hydroxylation is 1. The average Bonchev–Trinajstić information content (AvgIpc) is 3.52. The summed E-state index contributed by atoms with van der Waals surface area (Å²) in [5.41, 5.74) is 3.38. The number of anilines is 1. The molecular weight excluding hydrogens is 446 g/mol. The molecule has 1 aliphatic rings. The van der Waals surface area contributed by atoms with Crippen molar-refractivity contribution in [3.8, 4) is 11.5 Å². The average molecular weight is 476 g/mol. The maximum atomic E-state index is 12.6. The third-order valence-corrected chi connectivity index (χ3v) is 6.23. The highest BCUT2D eigenvalue weighted by molar-refractivity contribution is 5.96. The Bertz CT molecular complexity index is 1300. The molecule has 0 bridgehead atoms. The molecule has 4 aromatic rings. The minimum Gasteiger partial charge on any atom is -0.381 e. The molecule has 0 saturated carbocycles. The normalized spacial score (nSPS) is 15.3. The summed E-state index contributed by atoms with van der Waals surface area (Å²) >= 11 is 0. The fourth-order valence-electron chi connectivity index (χ4n) is 4.32. The topological polar surface area (TPSA) is 120 Å². The zero-order chi connectivity index (χ0) is 24.2. The van der Waals surface area contributed by atoms with Crippen molar-refractivity contribution >= 4 is 22.6 Å². The van der Waals surface area contributed by atoms with E-state index in [0.717, 1.165) is 48.3 Å². The van der Waals surface area contributed by atoms with Crippen LogP contribution in [0.4, 0.5) is 5.69 Å². The number of amides is 1. The lowest BCUT2D eigenvalue weighted by Crippen LogP contribution is -2.28. The Morgan fingerprint density at radius 1 is 1.20 bits per heavy atom. The fraction of sp³-hybridized carbons (Fsp3) is 0.400. The summed E-state index contributed by atoms with van der Waals surface area (Å²) in [5, 5.41) is 16.0. The first-order chi connectivity index (χ1) is 17.1. The molecule has 10 nitrogen and oxygen atoms in total. The van der Waals surface area contributed by atoms with Gasteiger partial charge in [0.2, 0.25) is 5.91 Å². The van der Waals surface area contributed by atoms with Gasteiger partial charge in [0.1, 0.15) is 0 Å². The van der Waals surface area contributed by atoms with Gasteiger partial charge in [-0.05, 0) is 32.3 Å². The van der Waals surface area contributed by atoms with Crippen LogP contribution in [0.5, 0.6) is 0 Å². The van der Waals surface area contributed by atoms with E-state index in [2.05, 4.69) is 30.9 Å². The molecule has 1 fully saturated rings. The molecule has 35 heavy (non-hydrogen) atoms. The van der Waals surface area contributed by atoms with E-state index in [1.54, 1.807) is 6.20 Å². The molecule has 0 aliphatic carbocycles.